The van der Waals surface area contributed by atoms with Crippen molar-refractivity contribution in [1.29, 1.82) is 0 Å². The van der Waals surface area contributed by atoms with E-state index in [-0.39, 0.29) is 6.04 Å². The lowest BCUT2D eigenvalue weighted by atomic mass is 10.1. The van der Waals surface area contributed by atoms with Crippen molar-refractivity contribution in [1.82, 2.24) is 9.55 Å². The van der Waals surface area contributed by atoms with Crippen LogP contribution < -0.4 is 5.73 Å². The third-order valence-electron chi connectivity index (χ3n) is 3.75. The minimum atomic E-state index is 0.102. The van der Waals surface area contributed by atoms with Crippen LogP contribution in [-0.2, 0) is 6.42 Å². The first-order valence-corrected chi connectivity index (χ1v) is 7.95. The van der Waals surface area contributed by atoms with E-state index in [2.05, 4.69) is 57.8 Å². The molecule has 0 aliphatic carbocycles. The average molecular weight is 344 g/mol. The Hall–Kier alpha value is -1.65. The first-order chi connectivity index (χ1) is 10.2. The molecule has 0 aliphatic rings. The van der Waals surface area contributed by atoms with Crippen LogP contribution in [0.3, 0.4) is 0 Å². The molecule has 1 atom stereocenters. The minimum absolute atomic E-state index is 0.102. The van der Waals surface area contributed by atoms with Gasteiger partial charge >= 0.3 is 0 Å². The van der Waals surface area contributed by atoms with E-state index in [0.717, 1.165) is 27.8 Å². The molecule has 1 heterocycles. The molecular weight excluding hydrogens is 326 g/mol. The number of aromatic nitrogens is 2. The van der Waals surface area contributed by atoms with Crippen molar-refractivity contribution in [3.8, 4) is 0 Å². The summed E-state index contributed by atoms with van der Waals surface area (Å²) in [5.74, 6) is 1.08. The molecule has 21 heavy (non-hydrogen) atoms. The summed E-state index contributed by atoms with van der Waals surface area (Å²) in [6.45, 7) is 2.68. The molecule has 0 spiro atoms. The number of nitrogens with two attached hydrogens (primary N) is 1. The number of nitrogens with zero attached hydrogens (tertiary/aromatic N) is 2. The molecule has 0 amide bonds. The summed E-state index contributed by atoms with van der Waals surface area (Å²) in [4.78, 5) is 4.74. The van der Waals surface area contributed by atoms with Crippen LogP contribution >= 0.6 is 15.9 Å². The lowest BCUT2D eigenvalue weighted by molar-refractivity contribution is 0.583. The highest BCUT2D eigenvalue weighted by Crippen LogP contribution is 2.27. The zero-order valence-electron chi connectivity index (χ0n) is 12.0. The van der Waals surface area contributed by atoms with Crippen LogP contribution in [0.5, 0.6) is 0 Å². The molecule has 0 radical (unpaired) electrons. The van der Waals surface area contributed by atoms with Gasteiger partial charge in [0.1, 0.15) is 5.82 Å². The Morgan fingerprint density at radius 1 is 1.19 bits per heavy atom. The van der Waals surface area contributed by atoms with Gasteiger partial charge in [-0.25, -0.2) is 4.98 Å². The number of hydrogen-bond acceptors (Lipinski definition) is 2. The Morgan fingerprint density at radius 2 is 2.00 bits per heavy atom. The predicted molar refractivity (Wildman–Crippen MR) is 90.4 cm³/mol. The van der Waals surface area contributed by atoms with E-state index in [1.54, 1.807) is 0 Å². The first kappa shape index (κ1) is 14.3. The van der Waals surface area contributed by atoms with E-state index in [9.17, 15) is 0 Å². The highest BCUT2D eigenvalue weighted by Gasteiger charge is 2.18. The molecule has 2 aromatic carbocycles. The maximum absolute atomic E-state index is 6.10. The molecule has 3 aromatic rings. The third-order valence-corrected chi connectivity index (χ3v) is 4.25. The molecule has 0 fully saturated rings. The Morgan fingerprint density at radius 3 is 2.71 bits per heavy atom. The van der Waals surface area contributed by atoms with Gasteiger partial charge in [-0.2, -0.15) is 0 Å². The largest absolute Gasteiger partial charge is 0.328 e. The fourth-order valence-electron chi connectivity index (χ4n) is 2.80. The van der Waals surface area contributed by atoms with Crippen LogP contribution in [-0.4, -0.2) is 16.1 Å². The van der Waals surface area contributed by atoms with E-state index in [1.165, 1.54) is 5.56 Å². The predicted octanol–water partition coefficient (Wildman–Crippen LogP) is 3.91. The van der Waals surface area contributed by atoms with Gasteiger partial charge in [-0.3, -0.25) is 0 Å². The van der Waals surface area contributed by atoms with Gasteiger partial charge in [0.05, 0.1) is 17.1 Å². The average Bonchev–Trinajstić information content (AvgIpc) is 2.87. The van der Waals surface area contributed by atoms with E-state index in [1.807, 2.05) is 18.2 Å². The number of benzene rings is 2. The summed E-state index contributed by atoms with van der Waals surface area (Å²) in [7, 11) is 0. The summed E-state index contributed by atoms with van der Waals surface area (Å²) in [6, 6.07) is 16.7. The number of imidazole rings is 1. The van der Waals surface area contributed by atoms with E-state index >= 15 is 0 Å². The van der Waals surface area contributed by atoms with E-state index in [0.29, 0.717) is 6.54 Å². The summed E-state index contributed by atoms with van der Waals surface area (Å²) in [5.41, 5.74) is 9.47. The van der Waals surface area contributed by atoms with Gasteiger partial charge in [-0.1, -0.05) is 47.1 Å². The molecule has 0 saturated heterocycles. The smallest absolute Gasteiger partial charge is 0.110 e. The van der Waals surface area contributed by atoms with Crippen molar-refractivity contribution >= 4 is 27.0 Å². The molecule has 0 bridgehead atoms. The molecular formula is C17H18BrN3. The molecule has 4 heteroatoms. The number of para-hydroxylation sites is 2. The monoisotopic (exact) mass is 343 g/mol. The van der Waals surface area contributed by atoms with Crippen molar-refractivity contribution in [2.24, 2.45) is 5.73 Å². The van der Waals surface area contributed by atoms with Crippen molar-refractivity contribution < 1.29 is 0 Å². The Kier molecular flexibility index (Phi) is 4.08. The van der Waals surface area contributed by atoms with Crippen LogP contribution in [0.2, 0.25) is 0 Å². The molecule has 1 unspecified atom stereocenters. The number of aryl methyl sites for hydroxylation is 1. The molecule has 0 saturated carbocycles. The maximum atomic E-state index is 6.10. The van der Waals surface area contributed by atoms with Gasteiger partial charge in [0.15, 0.2) is 0 Å². The zero-order chi connectivity index (χ0) is 14.8. The van der Waals surface area contributed by atoms with Crippen LogP contribution in [0.15, 0.2) is 53.0 Å². The Bertz CT molecular complexity index is 764. The van der Waals surface area contributed by atoms with Crippen LogP contribution in [0, 0.1) is 0 Å². The second-order valence-corrected chi connectivity index (χ2v) is 5.96. The normalized spacial score (nSPS) is 12.7. The minimum Gasteiger partial charge on any atom is -0.328 e. The van der Waals surface area contributed by atoms with Crippen LogP contribution in [0.4, 0.5) is 0 Å². The summed E-state index contributed by atoms with van der Waals surface area (Å²) < 4.78 is 3.35. The molecule has 3 rings (SSSR count). The van der Waals surface area contributed by atoms with Crippen molar-refractivity contribution in [2.45, 2.75) is 19.4 Å². The number of hydrogen-bond donors (Lipinski definition) is 1. The topological polar surface area (TPSA) is 43.8 Å². The Balaban J connectivity index is 2.21. The van der Waals surface area contributed by atoms with Gasteiger partial charge in [0.2, 0.25) is 0 Å². The molecule has 3 nitrogen and oxygen atoms in total. The standard InChI is InChI=1S/C17H18BrN3/c1-2-17-20-14-8-3-4-9-15(14)21(17)16(11-19)12-6-5-7-13(18)10-12/h3-10,16H,2,11,19H2,1H3. The number of rotatable bonds is 4. The fraction of sp³-hybridized carbons (Fsp3) is 0.235. The van der Waals surface area contributed by atoms with Gasteiger partial charge in [-0.05, 0) is 29.8 Å². The lowest BCUT2D eigenvalue weighted by Crippen LogP contribution is -2.22. The fourth-order valence-corrected chi connectivity index (χ4v) is 3.21. The van der Waals surface area contributed by atoms with Gasteiger partial charge in [0.25, 0.3) is 0 Å². The van der Waals surface area contributed by atoms with Crippen molar-refractivity contribution in [3.63, 3.8) is 0 Å². The highest BCUT2D eigenvalue weighted by molar-refractivity contribution is 9.10. The lowest BCUT2D eigenvalue weighted by Gasteiger charge is -2.21. The number of halogens is 1. The van der Waals surface area contributed by atoms with Crippen LogP contribution in [0.25, 0.3) is 11.0 Å². The molecule has 1 aromatic heterocycles. The Labute approximate surface area is 132 Å². The second kappa shape index (κ2) is 6.00. The highest BCUT2D eigenvalue weighted by atomic mass is 79.9. The van der Waals surface area contributed by atoms with Crippen molar-refractivity contribution in [3.05, 3.63) is 64.4 Å². The molecule has 2 N–H and O–H groups in total. The SMILES string of the molecule is CCc1nc2ccccc2n1C(CN)c1cccc(Br)c1. The second-order valence-electron chi connectivity index (χ2n) is 5.05. The third kappa shape index (κ3) is 2.61. The van der Waals surface area contributed by atoms with Gasteiger partial charge in [-0.15, -0.1) is 0 Å². The first-order valence-electron chi connectivity index (χ1n) is 7.16. The van der Waals surface area contributed by atoms with Crippen molar-refractivity contribution in [2.75, 3.05) is 6.54 Å². The summed E-state index contributed by atoms with van der Waals surface area (Å²) in [5, 5.41) is 0. The summed E-state index contributed by atoms with van der Waals surface area (Å²) >= 11 is 3.54. The summed E-state index contributed by atoms with van der Waals surface area (Å²) in [6.07, 6.45) is 0.888. The van der Waals surface area contributed by atoms with Crippen LogP contribution in [0.1, 0.15) is 24.4 Å². The number of fused-ring (bicyclic) bond motifs is 1. The zero-order valence-corrected chi connectivity index (χ0v) is 13.5. The van der Waals surface area contributed by atoms with E-state index < -0.39 is 0 Å². The quantitative estimate of drug-likeness (QED) is 0.780. The van der Waals surface area contributed by atoms with E-state index in [4.69, 9.17) is 10.7 Å². The maximum Gasteiger partial charge on any atom is 0.110 e. The van der Waals surface area contributed by atoms with Gasteiger partial charge < -0.3 is 10.3 Å². The molecule has 108 valence electrons. The molecule has 0 aliphatic heterocycles. The van der Waals surface area contributed by atoms with Gasteiger partial charge in [0, 0.05) is 17.4 Å².